The highest BCUT2D eigenvalue weighted by Gasteiger charge is 2.36. The van der Waals surface area contributed by atoms with Gasteiger partial charge < -0.3 is 19.5 Å². The van der Waals surface area contributed by atoms with Crippen molar-refractivity contribution in [3.63, 3.8) is 0 Å². The first kappa shape index (κ1) is 17.8. The number of β-amino-alcohol motifs (C(OH)–C–C–N with tert-alkyl or cyclic N) is 1. The third-order valence-electron chi connectivity index (χ3n) is 3.65. The second-order valence-electron chi connectivity index (χ2n) is 7.43. The van der Waals surface area contributed by atoms with Crippen LogP contribution in [0, 0.1) is 5.41 Å². The van der Waals surface area contributed by atoms with Crippen molar-refractivity contribution in [2.45, 2.75) is 32.8 Å². The van der Waals surface area contributed by atoms with Crippen molar-refractivity contribution in [1.29, 1.82) is 0 Å². The molecule has 1 saturated heterocycles. The first-order valence-corrected chi connectivity index (χ1v) is 8.03. The molecule has 1 atom stereocenters. The van der Waals surface area contributed by atoms with Crippen molar-refractivity contribution >= 4 is 5.91 Å². The van der Waals surface area contributed by atoms with Crippen LogP contribution >= 0.6 is 0 Å². The Hall–Kier alpha value is -1.59. The van der Waals surface area contributed by atoms with Crippen LogP contribution in [0.2, 0.25) is 0 Å². The van der Waals surface area contributed by atoms with Gasteiger partial charge in [0.05, 0.1) is 19.8 Å². The van der Waals surface area contributed by atoms with E-state index in [9.17, 15) is 9.90 Å². The maximum atomic E-state index is 12.4. The van der Waals surface area contributed by atoms with Gasteiger partial charge in [0.25, 0.3) is 0 Å². The number of amides is 1. The molecule has 1 aromatic rings. The lowest BCUT2D eigenvalue weighted by Gasteiger charge is -2.32. The van der Waals surface area contributed by atoms with Crippen LogP contribution in [0.25, 0.3) is 0 Å². The molecule has 0 spiro atoms. The number of para-hydroxylation sites is 1. The highest BCUT2D eigenvalue weighted by atomic mass is 16.5. The number of benzene rings is 1. The lowest BCUT2D eigenvalue weighted by atomic mass is 9.91. The molecule has 1 N–H and O–H groups in total. The summed E-state index contributed by atoms with van der Waals surface area (Å²) >= 11 is 0. The van der Waals surface area contributed by atoms with Crippen LogP contribution < -0.4 is 4.74 Å². The minimum absolute atomic E-state index is 0.0427. The Balaban J connectivity index is 1.98. The molecule has 1 aliphatic rings. The molecule has 1 aliphatic heterocycles. The van der Waals surface area contributed by atoms with E-state index in [0.717, 1.165) is 0 Å². The summed E-state index contributed by atoms with van der Waals surface area (Å²) in [4.78, 5) is 14.1. The average molecular weight is 321 g/mol. The van der Waals surface area contributed by atoms with Crippen LogP contribution in [-0.4, -0.2) is 54.4 Å². The molecule has 0 radical (unpaired) electrons. The molecule has 0 bridgehead atoms. The Morgan fingerprint density at radius 3 is 2.70 bits per heavy atom. The molecule has 23 heavy (non-hydrogen) atoms. The lowest BCUT2D eigenvalue weighted by Crippen LogP contribution is -2.50. The number of ether oxygens (including phenoxy) is 2. The number of nitrogens with zero attached hydrogens (tertiary/aromatic N) is 1. The van der Waals surface area contributed by atoms with E-state index in [2.05, 4.69) is 0 Å². The molecule has 2 rings (SSSR count). The summed E-state index contributed by atoms with van der Waals surface area (Å²) < 4.78 is 11.2. The molecule has 1 unspecified atom stereocenters. The van der Waals surface area contributed by atoms with Gasteiger partial charge in [-0.2, -0.15) is 0 Å². The standard InChI is InChI=1S/C18H27NO4/c1-17(2,3)11-16(20)19-9-10-22-13-18(21,12-19)14-23-15-7-5-4-6-8-15/h4-8,21H,9-14H2,1-3H3. The maximum Gasteiger partial charge on any atom is 0.223 e. The van der Waals surface area contributed by atoms with E-state index in [-0.39, 0.29) is 31.1 Å². The molecular weight excluding hydrogens is 294 g/mol. The van der Waals surface area contributed by atoms with E-state index in [1.165, 1.54) is 0 Å². The van der Waals surface area contributed by atoms with Crippen molar-refractivity contribution in [2.24, 2.45) is 5.41 Å². The number of hydrogen-bond donors (Lipinski definition) is 1. The molecular formula is C18H27NO4. The van der Waals surface area contributed by atoms with Crippen molar-refractivity contribution < 1.29 is 19.4 Å². The van der Waals surface area contributed by atoms with Crippen molar-refractivity contribution in [2.75, 3.05) is 32.9 Å². The van der Waals surface area contributed by atoms with Gasteiger partial charge in [0.2, 0.25) is 5.91 Å². The van der Waals surface area contributed by atoms with Crippen LogP contribution in [0.5, 0.6) is 5.75 Å². The summed E-state index contributed by atoms with van der Waals surface area (Å²) in [5, 5.41) is 10.8. The summed E-state index contributed by atoms with van der Waals surface area (Å²) in [5.41, 5.74) is -1.28. The topological polar surface area (TPSA) is 59.0 Å². The fourth-order valence-electron chi connectivity index (χ4n) is 2.52. The first-order chi connectivity index (χ1) is 10.8. The van der Waals surface area contributed by atoms with Gasteiger partial charge in [-0.15, -0.1) is 0 Å². The summed E-state index contributed by atoms with van der Waals surface area (Å²) in [6.45, 7) is 7.52. The smallest absolute Gasteiger partial charge is 0.223 e. The summed E-state index contributed by atoms with van der Waals surface area (Å²) in [6, 6.07) is 9.33. The van der Waals surface area contributed by atoms with Gasteiger partial charge in [0.15, 0.2) is 0 Å². The SMILES string of the molecule is CC(C)(C)CC(=O)N1CCOCC(O)(COc2ccccc2)C1. The zero-order valence-corrected chi connectivity index (χ0v) is 14.2. The quantitative estimate of drug-likeness (QED) is 0.922. The molecule has 128 valence electrons. The number of aliphatic hydroxyl groups is 1. The molecule has 5 nitrogen and oxygen atoms in total. The molecule has 1 aromatic carbocycles. The molecule has 1 fully saturated rings. The third kappa shape index (κ3) is 5.84. The second-order valence-corrected chi connectivity index (χ2v) is 7.43. The van der Waals surface area contributed by atoms with E-state index >= 15 is 0 Å². The highest BCUT2D eigenvalue weighted by molar-refractivity contribution is 5.77. The van der Waals surface area contributed by atoms with Crippen LogP contribution in [0.1, 0.15) is 27.2 Å². The minimum atomic E-state index is -1.19. The zero-order valence-electron chi connectivity index (χ0n) is 14.2. The van der Waals surface area contributed by atoms with E-state index in [0.29, 0.717) is 25.3 Å². The Bertz CT molecular complexity index is 512. The molecule has 5 heteroatoms. The number of rotatable bonds is 4. The van der Waals surface area contributed by atoms with Crippen LogP contribution in [-0.2, 0) is 9.53 Å². The number of carbonyl (C=O) groups is 1. The van der Waals surface area contributed by atoms with Gasteiger partial charge >= 0.3 is 0 Å². The monoisotopic (exact) mass is 321 g/mol. The molecule has 1 amide bonds. The van der Waals surface area contributed by atoms with Crippen molar-refractivity contribution in [3.05, 3.63) is 30.3 Å². The van der Waals surface area contributed by atoms with E-state index in [4.69, 9.17) is 9.47 Å². The van der Waals surface area contributed by atoms with Gasteiger partial charge in [-0.25, -0.2) is 0 Å². The normalized spacial score (nSPS) is 22.5. The second kappa shape index (κ2) is 7.32. The Kier molecular flexibility index (Phi) is 5.65. The summed E-state index contributed by atoms with van der Waals surface area (Å²) in [6.07, 6.45) is 0.447. The largest absolute Gasteiger partial charge is 0.490 e. The molecule has 1 heterocycles. The summed E-state index contributed by atoms with van der Waals surface area (Å²) in [5.74, 6) is 0.735. The Labute approximate surface area is 138 Å². The first-order valence-electron chi connectivity index (χ1n) is 8.03. The predicted octanol–water partition coefficient (Wildman–Crippen LogP) is 2.09. The number of hydrogen-bond acceptors (Lipinski definition) is 4. The highest BCUT2D eigenvalue weighted by Crippen LogP contribution is 2.22. The zero-order chi connectivity index (χ0) is 16.9. The van der Waals surface area contributed by atoms with Gasteiger partial charge in [-0.05, 0) is 17.5 Å². The Morgan fingerprint density at radius 2 is 2.04 bits per heavy atom. The Morgan fingerprint density at radius 1 is 1.35 bits per heavy atom. The molecule has 0 aliphatic carbocycles. The average Bonchev–Trinajstić information content (AvgIpc) is 2.67. The third-order valence-corrected chi connectivity index (χ3v) is 3.65. The van der Waals surface area contributed by atoms with Gasteiger partial charge in [-0.3, -0.25) is 4.79 Å². The summed E-state index contributed by atoms with van der Waals surface area (Å²) in [7, 11) is 0. The van der Waals surface area contributed by atoms with Gasteiger partial charge in [0, 0.05) is 13.0 Å². The van der Waals surface area contributed by atoms with Crippen LogP contribution in [0.15, 0.2) is 30.3 Å². The minimum Gasteiger partial charge on any atom is -0.490 e. The number of carbonyl (C=O) groups excluding carboxylic acids is 1. The van der Waals surface area contributed by atoms with Crippen LogP contribution in [0.3, 0.4) is 0 Å². The lowest BCUT2D eigenvalue weighted by molar-refractivity contribution is -0.136. The van der Waals surface area contributed by atoms with Crippen molar-refractivity contribution in [1.82, 2.24) is 4.90 Å². The van der Waals surface area contributed by atoms with Crippen LogP contribution in [0.4, 0.5) is 0 Å². The predicted molar refractivity (Wildman–Crippen MR) is 88.4 cm³/mol. The maximum absolute atomic E-state index is 12.4. The fraction of sp³-hybridized carbons (Fsp3) is 0.611. The van der Waals surface area contributed by atoms with Crippen molar-refractivity contribution in [3.8, 4) is 5.75 Å². The van der Waals surface area contributed by atoms with Gasteiger partial charge in [0.1, 0.15) is 18.0 Å². The molecule has 0 aromatic heterocycles. The van der Waals surface area contributed by atoms with E-state index in [1.54, 1.807) is 4.90 Å². The molecule has 0 saturated carbocycles. The van der Waals surface area contributed by atoms with E-state index in [1.807, 2.05) is 51.1 Å². The van der Waals surface area contributed by atoms with Gasteiger partial charge in [-0.1, -0.05) is 39.0 Å². The fourth-order valence-corrected chi connectivity index (χ4v) is 2.52. The van der Waals surface area contributed by atoms with E-state index < -0.39 is 5.60 Å².